The fourth-order valence-electron chi connectivity index (χ4n) is 1.85. The third-order valence-corrected chi connectivity index (χ3v) is 2.78. The average molecular weight is 209 g/mol. The third-order valence-electron chi connectivity index (χ3n) is 2.78. The summed E-state index contributed by atoms with van der Waals surface area (Å²) in [5.74, 6) is 0.472. The van der Waals surface area contributed by atoms with Crippen LogP contribution in [0.15, 0.2) is 6.20 Å². The van der Waals surface area contributed by atoms with Gasteiger partial charge in [0.1, 0.15) is 6.61 Å². The second-order valence-electron chi connectivity index (χ2n) is 3.90. The van der Waals surface area contributed by atoms with Crippen molar-refractivity contribution in [3.63, 3.8) is 0 Å². The van der Waals surface area contributed by atoms with E-state index in [1.807, 2.05) is 13.1 Å². The van der Waals surface area contributed by atoms with Crippen LogP contribution in [-0.2, 0) is 9.53 Å². The molecule has 1 aliphatic heterocycles. The zero-order valence-corrected chi connectivity index (χ0v) is 8.99. The number of aromatic amines is 1. The fraction of sp³-hybridized carbons (Fsp3) is 0.600. The van der Waals surface area contributed by atoms with Gasteiger partial charge in [0, 0.05) is 31.8 Å². The number of ether oxygens (including phenoxy) is 1. The fourth-order valence-corrected chi connectivity index (χ4v) is 1.85. The number of carbonyl (C=O) groups is 1. The van der Waals surface area contributed by atoms with E-state index in [1.54, 1.807) is 4.90 Å². The molecule has 1 saturated heterocycles. The lowest BCUT2D eigenvalue weighted by Gasteiger charge is -2.38. The van der Waals surface area contributed by atoms with Crippen LogP contribution in [0.3, 0.4) is 0 Å². The van der Waals surface area contributed by atoms with Gasteiger partial charge in [-0.25, -0.2) is 0 Å². The van der Waals surface area contributed by atoms with Crippen molar-refractivity contribution in [1.82, 2.24) is 15.1 Å². The number of nitrogens with zero attached hydrogens (tertiary/aromatic N) is 2. The molecule has 82 valence electrons. The van der Waals surface area contributed by atoms with Crippen molar-refractivity contribution in [3.8, 4) is 0 Å². The number of carbonyl (C=O) groups excluding carboxylic acids is 1. The Labute approximate surface area is 88.4 Å². The van der Waals surface area contributed by atoms with E-state index >= 15 is 0 Å². The molecule has 15 heavy (non-hydrogen) atoms. The lowest BCUT2D eigenvalue weighted by molar-refractivity contribution is -0.139. The molecule has 1 N–H and O–H groups in total. The molecule has 0 aromatic carbocycles. The van der Waals surface area contributed by atoms with Crippen molar-refractivity contribution in [2.24, 2.45) is 0 Å². The van der Waals surface area contributed by atoms with E-state index in [4.69, 9.17) is 4.74 Å². The molecule has 1 aliphatic rings. The van der Waals surface area contributed by atoms with Crippen molar-refractivity contribution in [1.29, 1.82) is 0 Å². The highest BCUT2D eigenvalue weighted by atomic mass is 16.5. The molecule has 0 aliphatic carbocycles. The van der Waals surface area contributed by atoms with Gasteiger partial charge in [0.25, 0.3) is 0 Å². The smallest absolute Gasteiger partial charge is 0.248 e. The molecule has 0 bridgehead atoms. The normalized spacial score (nSPS) is 16.5. The summed E-state index contributed by atoms with van der Waals surface area (Å²) in [6.45, 7) is 3.74. The van der Waals surface area contributed by atoms with Crippen LogP contribution < -0.4 is 0 Å². The summed E-state index contributed by atoms with van der Waals surface area (Å²) in [5, 5.41) is 6.96. The van der Waals surface area contributed by atoms with Gasteiger partial charge in [-0.2, -0.15) is 5.10 Å². The molecule has 5 nitrogen and oxygen atoms in total. The summed E-state index contributed by atoms with van der Waals surface area (Å²) in [4.78, 5) is 13.2. The number of amides is 1. The van der Waals surface area contributed by atoms with Crippen molar-refractivity contribution in [2.75, 3.05) is 26.8 Å². The quantitative estimate of drug-likeness (QED) is 0.778. The van der Waals surface area contributed by atoms with Gasteiger partial charge in [-0.05, 0) is 12.5 Å². The van der Waals surface area contributed by atoms with Crippen LogP contribution >= 0.6 is 0 Å². The minimum atomic E-state index is 0.0610. The Hall–Kier alpha value is -1.36. The minimum absolute atomic E-state index is 0.0610. The minimum Gasteiger partial charge on any atom is -0.375 e. The molecular formula is C10H15N3O2. The Bertz CT molecular complexity index is 355. The number of hydrogen-bond donors (Lipinski definition) is 1. The topological polar surface area (TPSA) is 58.2 Å². The SMILES string of the molecule is COCC(=O)N1CC(c2[nH]ncc2C)C1. The number of likely N-dealkylation sites (tertiary alicyclic amines) is 1. The molecule has 1 amide bonds. The molecule has 2 heterocycles. The first kappa shape index (κ1) is 10.2. The Morgan fingerprint density at radius 3 is 3.00 bits per heavy atom. The highest BCUT2D eigenvalue weighted by Crippen LogP contribution is 2.27. The zero-order chi connectivity index (χ0) is 10.8. The van der Waals surface area contributed by atoms with Gasteiger partial charge in [0.05, 0.1) is 6.20 Å². The maximum Gasteiger partial charge on any atom is 0.248 e. The van der Waals surface area contributed by atoms with Gasteiger partial charge >= 0.3 is 0 Å². The predicted octanol–water partition coefficient (Wildman–Crippen LogP) is 0.290. The monoisotopic (exact) mass is 209 g/mol. The lowest BCUT2D eigenvalue weighted by Crippen LogP contribution is -2.50. The Morgan fingerprint density at radius 1 is 1.73 bits per heavy atom. The van der Waals surface area contributed by atoms with E-state index in [0.717, 1.165) is 18.8 Å². The molecule has 0 radical (unpaired) electrons. The van der Waals surface area contributed by atoms with Gasteiger partial charge < -0.3 is 9.64 Å². The van der Waals surface area contributed by atoms with E-state index in [-0.39, 0.29) is 12.5 Å². The number of aromatic nitrogens is 2. The van der Waals surface area contributed by atoms with Crippen LogP contribution in [0.5, 0.6) is 0 Å². The largest absolute Gasteiger partial charge is 0.375 e. The standard InChI is InChI=1S/C10H15N3O2/c1-7-3-11-12-10(7)8-4-13(5-8)9(14)6-15-2/h3,8H,4-6H2,1-2H3,(H,11,12). The summed E-state index contributed by atoms with van der Waals surface area (Å²) in [5.41, 5.74) is 2.32. The number of rotatable bonds is 3. The number of H-pyrrole nitrogens is 1. The molecule has 1 fully saturated rings. The summed E-state index contributed by atoms with van der Waals surface area (Å²) < 4.78 is 4.80. The van der Waals surface area contributed by atoms with Crippen LogP contribution in [0, 0.1) is 6.92 Å². The summed E-state index contributed by atoms with van der Waals surface area (Å²) in [6, 6.07) is 0. The van der Waals surface area contributed by atoms with Gasteiger partial charge in [-0.1, -0.05) is 0 Å². The van der Waals surface area contributed by atoms with Crippen molar-refractivity contribution >= 4 is 5.91 Å². The van der Waals surface area contributed by atoms with Crippen LogP contribution in [0.1, 0.15) is 17.2 Å². The molecular weight excluding hydrogens is 194 g/mol. The molecule has 2 rings (SSSR count). The summed E-state index contributed by atoms with van der Waals surface area (Å²) >= 11 is 0. The Morgan fingerprint density at radius 2 is 2.47 bits per heavy atom. The second-order valence-corrected chi connectivity index (χ2v) is 3.90. The summed E-state index contributed by atoms with van der Waals surface area (Å²) in [7, 11) is 1.54. The first-order valence-corrected chi connectivity index (χ1v) is 4.99. The van der Waals surface area contributed by atoms with Crippen LogP contribution in [0.2, 0.25) is 0 Å². The molecule has 1 aromatic heterocycles. The molecule has 0 unspecified atom stereocenters. The summed E-state index contributed by atoms with van der Waals surface area (Å²) in [6.07, 6.45) is 1.81. The van der Waals surface area contributed by atoms with Gasteiger partial charge in [-0.15, -0.1) is 0 Å². The van der Waals surface area contributed by atoms with Crippen molar-refractivity contribution in [3.05, 3.63) is 17.5 Å². The molecule has 0 atom stereocenters. The van der Waals surface area contributed by atoms with E-state index in [1.165, 1.54) is 12.7 Å². The molecule has 0 saturated carbocycles. The first-order chi connectivity index (χ1) is 7.22. The van der Waals surface area contributed by atoms with E-state index in [2.05, 4.69) is 10.2 Å². The highest BCUT2D eigenvalue weighted by molar-refractivity contribution is 5.78. The Balaban J connectivity index is 1.88. The van der Waals surface area contributed by atoms with E-state index < -0.39 is 0 Å². The van der Waals surface area contributed by atoms with E-state index in [9.17, 15) is 4.79 Å². The number of hydrogen-bond acceptors (Lipinski definition) is 3. The zero-order valence-electron chi connectivity index (χ0n) is 8.99. The van der Waals surface area contributed by atoms with Gasteiger partial charge in [0.15, 0.2) is 0 Å². The maximum absolute atomic E-state index is 11.4. The van der Waals surface area contributed by atoms with Crippen LogP contribution in [0.25, 0.3) is 0 Å². The maximum atomic E-state index is 11.4. The predicted molar refractivity (Wildman–Crippen MR) is 54.5 cm³/mol. The first-order valence-electron chi connectivity index (χ1n) is 4.99. The molecule has 5 heteroatoms. The van der Waals surface area contributed by atoms with Crippen LogP contribution in [0.4, 0.5) is 0 Å². The van der Waals surface area contributed by atoms with Gasteiger partial charge in [-0.3, -0.25) is 9.89 Å². The van der Waals surface area contributed by atoms with Crippen molar-refractivity contribution in [2.45, 2.75) is 12.8 Å². The highest BCUT2D eigenvalue weighted by Gasteiger charge is 2.33. The molecule has 0 spiro atoms. The van der Waals surface area contributed by atoms with Crippen LogP contribution in [-0.4, -0.2) is 47.8 Å². The lowest BCUT2D eigenvalue weighted by atomic mass is 9.94. The number of methoxy groups -OCH3 is 1. The second kappa shape index (κ2) is 4.02. The average Bonchev–Trinajstić information content (AvgIpc) is 2.50. The molecule has 1 aromatic rings. The Kier molecular flexibility index (Phi) is 2.73. The third kappa shape index (κ3) is 1.87. The van der Waals surface area contributed by atoms with Gasteiger partial charge in [0.2, 0.25) is 5.91 Å². The number of aryl methyl sites for hydroxylation is 1. The number of nitrogens with one attached hydrogen (secondary N) is 1. The van der Waals surface area contributed by atoms with Crippen molar-refractivity contribution < 1.29 is 9.53 Å². The van der Waals surface area contributed by atoms with E-state index in [0.29, 0.717) is 5.92 Å².